The summed E-state index contributed by atoms with van der Waals surface area (Å²) < 4.78 is 4.93. The van der Waals surface area contributed by atoms with Gasteiger partial charge in [0.15, 0.2) is 5.92 Å². The van der Waals surface area contributed by atoms with Crippen molar-refractivity contribution in [2.45, 2.75) is 5.92 Å². The van der Waals surface area contributed by atoms with Gasteiger partial charge in [-0.1, -0.05) is 12.1 Å². The second kappa shape index (κ2) is 6.76. The molecule has 21 heavy (non-hydrogen) atoms. The molecule has 9 heteroatoms. The van der Waals surface area contributed by atoms with Crippen molar-refractivity contribution in [2.24, 2.45) is 0 Å². The third kappa shape index (κ3) is 3.38. The van der Waals surface area contributed by atoms with Crippen LogP contribution in [0.4, 0.5) is 0 Å². The van der Waals surface area contributed by atoms with Gasteiger partial charge in [0.2, 0.25) is 0 Å². The molecule has 0 saturated heterocycles. The number of ether oxygens (including phenoxy) is 1. The molecule has 0 atom stereocenters. The van der Waals surface area contributed by atoms with Crippen LogP contribution in [0.3, 0.4) is 0 Å². The normalized spacial score (nSPS) is 10.7. The molecule has 0 heterocycles. The van der Waals surface area contributed by atoms with Crippen LogP contribution in [0.1, 0.15) is 11.5 Å². The summed E-state index contributed by atoms with van der Waals surface area (Å²) in [6.07, 6.45) is 0. The Morgan fingerprint density at radius 1 is 1.10 bits per heavy atom. The molecule has 0 radical (unpaired) electrons. The van der Waals surface area contributed by atoms with Gasteiger partial charge in [-0.3, -0.25) is 0 Å². The van der Waals surface area contributed by atoms with Crippen LogP contribution in [-0.4, -0.2) is 39.1 Å². The van der Waals surface area contributed by atoms with Crippen LogP contribution in [0, 0.1) is 9.81 Å². The van der Waals surface area contributed by atoms with Gasteiger partial charge in [-0.15, -0.1) is 0 Å². The standard InChI is InChI=1S/C12H10N4O5/c1-21-9-4-2-8(3-5-9)12(10(6-13)15(17)18)11(7-14)16(19)20/h2-5,12H,1H3,(H,17,18)(H,19,20). The summed E-state index contributed by atoms with van der Waals surface area (Å²) in [5.41, 5.74) is -1.52. The Hall–Kier alpha value is -3.28. The first-order valence-electron chi connectivity index (χ1n) is 5.46. The molecule has 0 aliphatic rings. The molecule has 0 unspecified atom stereocenters. The Labute approximate surface area is 118 Å². The van der Waals surface area contributed by atoms with E-state index in [1.165, 1.54) is 43.1 Å². The van der Waals surface area contributed by atoms with Gasteiger partial charge in [0.1, 0.15) is 5.75 Å². The summed E-state index contributed by atoms with van der Waals surface area (Å²) in [4.78, 5) is 20.5. The molecule has 0 saturated carbocycles. The van der Waals surface area contributed by atoms with Gasteiger partial charge in [-0.2, -0.15) is 11.7 Å². The average Bonchev–Trinajstić information content (AvgIpc) is 2.46. The van der Waals surface area contributed by atoms with Crippen molar-refractivity contribution in [1.82, 2.24) is 0 Å². The van der Waals surface area contributed by atoms with E-state index in [-0.39, 0.29) is 5.56 Å². The van der Waals surface area contributed by atoms with E-state index in [1.807, 2.05) is 0 Å². The van der Waals surface area contributed by atoms with E-state index in [1.54, 1.807) is 0 Å². The zero-order valence-corrected chi connectivity index (χ0v) is 10.8. The Kier molecular flexibility index (Phi) is 5.08. The van der Waals surface area contributed by atoms with Crippen molar-refractivity contribution in [2.75, 3.05) is 7.11 Å². The van der Waals surface area contributed by atoms with Gasteiger partial charge >= 0.3 is 11.4 Å². The van der Waals surface area contributed by atoms with Crippen molar-refractivity contribution < 1.29 is 25.0 Å². The first kappa shape index (κ1) is 15.8. The van der Waals surface area contributed by atoms with E-state index in [9.17, 15) is 9.81 Å². The molecule has 2 N–H and O–H groups in total. The fraction of sp³-hybridized carbons (Fsp3) is 0.167. The Morgan fingerprint density at radius 2 is 1.52 bits per heavy atom. The molecule has 0 spiro atoms. The lowest BCUT2D eigenvalue weighted by atomic mass is 9.93. The second-order valence-corrected chi connectivity index (χ2v) is 3.75. The molecule has 9 nitrogen and oxygen atoms in total. The summed E-state index contributed by atoms with van der Waals surface area (Å²) in [5.74, 6) is 1.74. The number of methoxy groups -OCH3 is 1. The quantitative estimate of drug-likeness (QED) is 0.602. The highest BCUT2D eigenvalue weighted by atomic mass is 16.6. The highest BCUT2D eigenvalue weighted by Gasteiger charge is 2.41. The Bertz CT molecular complexity index is 633. The summed E-state index contributed by atoms with van der Waals surface area (Å²) in [6.45, 7) is 0. The van der Waals surface area contributed by atoms with E-state index < -0.39 is 27.2 Å². The number of hydrogen-bond acceptors (Lipinski definition) is 3. The van der Waals surface area contributed by atoms with E-state index in [0.29, 0.717) is 5.75 Å². The lowest BCUT2D eigenvalue weighted by Crippen LogP contribution is -2.20. The maximum absolute atomic E-state index is 11.0. The largest absolute Gasteiger partial charge is 0.758 e. The summed E-state index contributed by atoms with van der Waals surface area (Å²) in [6, 6.07) is 5.69. The van der Waals surface area contributed by atoms with Crippen molar-refractivity contribution in [1.29, 1.82) is 0 Å². The summed E-state index contributed by atoms with van der Waals surface area (Å²) >= 11 is 0. The Morgan fingerprint density at radius 3 is 1.81 bits per heavy atom. The molecule has 1 aromatic rings. The van der Waals surface area contributed by atoms with Crippen LogP contribution in [-0.2, 0) is 0 Å². The Balaban J connectivity index is 3.50. The van der Waals surface area contributed by atoms with Crippen LogP contribution in [0.2, 0.25) is 0 Å². The highest BCUT2D eigenvalue weighted by molar-refractivity contribution is 5.68. The second-order valence-electron chi connectivity index (χ2n) is 3.75. The minimum Gasteiger partial charge on any atom is -0.758 e. The smallest absolute Gasteiger partial charge is 0.331 e. The maximum Gasteiger partial charge on any atom is 0.331 e. The molecular weight excluding hydrogens is 280 g/mol. The van der Waals surface area contributed by atoms with E-state index in [0.717, 1.165) is 0 Å². The van der Waals surface area contributed by atoms with Gasteiger partial charge in [0.25, 0.3) is 9.85 Å². The summed E-state index contributed by atoms with van der Waals surface area (Å²) in [7, 11) is 1.42. The number of nitrogens with zero attached hydrogens (tertiary/aromatic N) is 4. The van der Waals surface area contributed by atoms with Crippen LogP contribution in [0.5, 0.6) is 5.75 Å². The highest BCUT2D eigenvalue weighted by Crippen LogP contribution is 2.30. The maximum atomic E-state index is 11.0. The number of hydrogen-bond donors (Lipinski definition) is 2. The van der Waals surface area contributed by atoms with E-state index in [4.69, 9.17) is 26.0 Å². The minimum absolute atomic E-state index is 0.161. The average molecular weight is 290 g/mol. The molecule has 0 aliphatic carbocycles. The molecule has 0 fully saturated rings. The van der Waals surface area contributed by atoms with Gasteiger partial charge in [0, 0.05) is 0 Å². The third-order valence-electron chi connectivity index (χ3n) is 2.64. The topological polar surface area (TPSA) is 134 Å². The van der Waals surface area contributed by atoms with Gasteiger partial charge in [0.05, 0.1) is 16.9 Å². The lowest BCUT2D eigenvalue weighted by molar-refractivity contribution is -0.769. The van der Waals surface area contributed by atoms with Crippen LogP contribution in [0.25, 0.3) is 10.8 Å². The van der Waals surface area contributed by atoms with Gasteiger partial charge in [-0.25, -0.2) is 10.4 Å². The van der Waals surface area contributed by atoms with Crippen LogP contribution < -0.4 is 4.74 Å². The molecular formula is C12H10N4O5. The van der Waals surface area contributed by atoms with Crippen molar-refractivity contribution in [3.8, 4) is 5.75 Å². The third-order valence-corrected chi connectivity index (χ3v) is 2.64. The zero-order valence-electron chi connectivity index (χ0n) is 10.8. The molecule has 0 bridgehead atoms. The van der Waals surface area contributed by atoms with E-state index >= 15 is 0 Å². The fourth-order valence-electron chi connectivity index (χ4n) is 1.68. The van der Waals surface area contributed by atoms with Crippen LogP contribution >= 0.6 is 0 Å². The number of benzene rings is 1. The number of rotatable bonds is 6. The molecule has 0 amide bonds. The molecule has 1 rings (SSSR count). The molecule has 1 aromatic carbocycles. The SMILES string of the molecule is COc1ccc(C(C(=C=[N-])[N+](=O)O)C(=C=[N-])[N+](=O)O)cc1. The first-order valence-corrected chi connectivity index (χ1v) is 5.46. The first-order chi connectivity index (χ1) is 9.96. The van der Waals surface area contributed by atoms with Gasteiger partial charge < -0.3 is 15.6 Å². The van der Waals surface area contributed by atoms with Crippen molar-refractivity contribution in [3.63, 3.8) is 0 Å². The predicted molar refractivity (Wildman–Crippen MR) is 70.3 cm³/mol. The zero-order chi connectivity index (χ0) is 16.0. The lowest BCUT2D eigenvalue weighted by Gasteiger charge is -2.09. The van der Waals surface area contributed by atoms with Crippen molar-refractivity contribution in [3.05, 3.63) is 61.9 Å². The summed E-state index contributed by atoms with van der Waals surface area (Å²) in [5, 5.41) is 35.7. The minimum atomic E-state index is -1.52. The molecule has 108 valence electrons. The fourth-order valence-corrected chi connectivity index (χ4v) is 1.68. The molecule has 0 aliphatic heterocycles. The van der Waals surface area contributed by atoms with Crippen molar-refractivity contribution >= 4 is 11.7 Å². The van der Waals surface area contributed by atoms with E-state index in [2.05, 4.69) is 0 Å². The van der Waals surface area contributed by atoms with Crippen LogP contribution in [0.15, 0.2) is 35.7 Å². The monoisotopic (exact) mass is 290 g/mol. The van der Waals surface area contributed by atoms with Gasteiger partial charge in [-0.05, 0) is 17.7 Å². The predicted octanol–water partition coefficient (Wildman–Crippen LogP) is 1.36. The molecule has 0 aromatic heterocycles.